The third-order valence-corrected chi connectivity index (χ3v) is 5.49. The van der Waals surface area contributed by atoms with E-state index in [9.17, 15) is 9.59 Å². The summed E-state index contributed by atoms with van der Waals surface area (Å²) >= 11 is 0. The van der Waals surface area contributed by atoms with E-state index in [1.165, 1.54) is 19.3 Å². The van der Waals surface area contributed by atoms with Gasteiger partial charge in [-0.2, -0.15) is 0 Å². The number of imide groups is 1. The summed E-state index contributed by atoms with van der Waals surface area (Å²) in [5, 5.41) is 5.35. The van der Waals surface area contributed by atoms with Crippen LogP contribution in [-0.4, -0.2) is 17.5 Å². The molecule has 3 saturated carbocycles. The molecule has 4 fully saturated rings. The number of hydrogen-bond donors (Lipinski definition) is 2. The molecule has 1 heterocycles. The third-order valence-electron chi connectivity index (χ3n) is 5.49. The van der Waals surface area contributed by atoms with Crippen LogP contribution in [0.25, 0.3) is 0 Å². The van der Waals surface area contributed by atoms with Gasteiger partial charge in [-0.05, 0) is 49.4 Å². The molecule has 4 aliphatic rings. The number of hydrogen-bond acceptors (Lipinski definition) is 2. The molecule has 3 aliphatic carbocycles. The molecular formula is C12H16N2O2. The van der Waals surface area contributed by atoms with Crippen LogP contribution in [0, 0.1) is 23.7 Å². The van der Waals surface area contributed by atoms with Crippen LogP contribution in [0.4, 0.5) is 4.79 Å². The fourth-order valence-electron chi connectivity index (χ4n) is 5.05. The van der Waals surface area contributed by atoms with Crippen molar-refractivity contribution >= 4 is 11.9 Å². The minimum atomic E-state index is -0.521. The molecule has 3 amide bonds. The van der Waals surface area contributed by atoms with E-state index >= 15 is 0 Å². The lowest BCUT2D eigenvalue weighted by molar-refractivity contribution is -0.126. The predicted octanol–water partition coefficient (Wildman–Crippen LogP) is 1.02. The molecule has 0 aromatic carbocycles. The van der Waals surface area contributed by atoms with Crippen LogP contribution in [0.1, 0.15) is 32.1 Å². The summed E-state index contributed by atoms with van der Waals surface area (Å²) in [7, 11) is 0. The van der Waals surface area contributed by atoms with Gasteiger partial charge in [0.15, 0.2) is 0 Å². The summed E-state index contributed by atoms with van der Waals surface area (Å²) in [4.78, 5) is 23.3. The summed E-state index contributed by atoms with van der Waals surface area (Å²) < 4.78 is 0. The van der Waals surface area contributed by atoms with Crippen LogP contribution in [0.3, 0.4) is 0 Å². The zero-order chi connectivity index (χ0) is 10.9. The lowest BCUT2D eigenvalue weighted by Crippen LogP contribution is -2.54. The highest BCUT2D eigenvalue weighted by Gasteiger charge is 2.66. The second kappa shape index (κ2) is 2.60. The van der Waals surface area contributed by atoms with Gasteiger partial charge in [0, 0.05) is 0 Å². The standard InChI is InChI=1S/C12H16N2O2/c15-10-12(14-11(16)13-10)5-6-4-9(12)8-3-1-2-7(6)8/h6-9H,1-5H2,(H2,13,14,15,16)/t6-,7+,8-,9-,12-/m1/s1. The van der Waals surface area contributed by atoms with Gasteiger partial charge in [-0.25, -0.2) is 4.79 Å². The lowest BCUT2D eigenvalue weighted by atomic mass is 9.71. The fraction of sp³-hybridized carbons (Fsp3) is 0.833. The van der Waals surface area contributed by atoms with Gasteiger partial charge in [0.05, 0.1) is 0 Å². The smallest absolute Gasteiger partial charge is 0.322 e. The van der Waals surface area contributed by atoms with Gasteiger partial charge in [0.25, 0.3) is 5.91 Å². The van der Waals surface area contributed by atoms with Crippen molar-refractivity contribution in [3.8, 4) is 0 Å². The van der Waals surface area contributed by atoms with E-state index in [1.807, 2.05) is 0 Å². The molecule has 5 atom stereocenters. The summed E-state index contributed by atoms with van der Waals surface area (Å²) in [6.07, 6.45) is 5.96. The van der Waals surface area contributed by atoms with Crippen molar-refractivity contribution in [1.29, 1.82) is 0 Å². The molecule has 4 rings (SSSR count). The molecule has 4 nitrogen and oxygen atoms in total. The Morgan fingerprint density at radius 2 is 2.00 bits per heavy atom. The van der Waals surface area contributed by atoms with Crippen LogP contribution in [0.2, 0.25) is 0 Å². The quantitative estimate of drug-likeness (QED) is 0.599. The first-order valence-corrected chi connectivity index (χ1v) is 6.34. The van der Waals surface area contributed by atoms with Crippen LogP contribution in [0.15, 0.2) is 0 Å². The van der Waals surface area contributed by atoms with Gasteiger partial charge in [-0.3, -0.25) is 10.1 Å². The Labute approximate surface area is 94.2 Å². The van der Waals surface area contributed by atoms with Gasteiger partial charge in [-0.1, -0.05) is 6.42 Å². The number of urea groups is 1. The molecule has 2 N–H and O–H groups in total. The number of amides is 3. The van der Waals surface area contributed by atoms with Crippen molar-refractivity contribution in [2.45, 2.75) is 37.6 Å². The van der Waals surface area contributed by atoms with Gasteiger partial charge < -0.3 is 5.32 Å². The molecule has 0 radical (unpaired) electrons. The predicted molar refractivity (Wildman–Crippen MR) is 56.5 cm³/mol. The molecule has 1 saturated heterocycles. The largest absolute Gasteiger partial charge is 0.323 e. The normalized spacial score (nSPS) is 53.2. The molecule has 1 spiro atoms. The van der Waals surface area contributed by atoms with Crippen LogP contribution in [-0.2, 0) is 4.79 Å². The highest BCUT2D eigenvalue weighted by molar-refractivity contribution is 6.07. The Hall–Kier alpha value is -1.06. The third kappa shape index (κ3) is 0.837. The maximum Gasteiger partial charge on any atom is 0.322 e. The van der Waals surface area contributed by atoms with Gasteiger partial charge in [0.2, 0.25) is 0 Å². The number of nitrogens with one attached hydrogen (secondary N) is 2. The second-order valence-corrected chi connectivity index (χ2v) is 5.94. The van der Waals surface area contributed by atoms with Crippen molar-refractivity contribution in [3.05, 3.63) is 0 Å². The van der Waals surface area contributed by atoms with E-state index in [0.717, 1.165) is 18.8 Å². The first-order chi connectivity index (χ1) is 7.71. The van der Waals surface area contributed by atoms with E-state index in [-0.39, 0.29) is 11.9 Å². The van der Waals surface area contributed by atoms with Crippen molar-refractivity contribution < 1.29 is 9.59 Å². The summed E-state index contributed by atoms with van der Waals surface area (Å²) in [6.45, 7) is 0. The van der Waals surface area contributed by atoms with Crippen LogP contribution in [0.5, 0.6) is 0 Å². The molecule has 1 aliphatic heterocycles. The van der Waals surface area contributed by atoms with E-state index < -0.39 is 5.54 Å². The van der Waals surface area contributed by atoms with Crippen molar-refractivity contribution in [2.75, 3.05) is 0 Å². The Morgan fingerprint density at radius 1 is 1.19 bits per heavy atom. The van der Waals surface area contributed by atoms with E-state index in [1.54, 1.807) is 0 Å². The topological polar surface area (TPSA) is 58.2 Å². The van der Waals surface area contributed by atoms with Crippen molar-refractivity contribution in [1.82, 2.24) is 10.6 Å². The Balaban J connectivity index is 1.74. The van der Waals surface area contributed by atoms with Crippen molar-refractivity contribution in [2.24, 2.45) is 23.7 Å². The monoisotopic (exact) mass is 220 g/mol. The summed E-state index contributed by atoms with van der Waals surface area (Å²) in [6, 6.07) is -0.285. The Morgan fingerprint density at radius 3 is 2.75 bits per heavy atom. The van der Waals surface area contributed by atoms with Crippen LogP contribution >= 0.6 is 0 Å². The first-order valence-electron chi connectivity index (χ1n) is 6.34. The highest BCUT2D eigenvalue weighted by Crippen LogP contribution is 2.62. The number of fused-ring (bicyclic) bond motifs is 6. The second-order valence-electron chi connectivity index (χ2n) is 5.94. The molecular weight excluding hydrogens is 204 g/mol. The lowest BCUT2D eigenvalue weighted by Gasteiger charge is -2.37. The molecule has 4 heteroatoms. The summed E-state index contributed by atoms with van der Waals surface area (Å²) in [5.74, 6) is 2.58. The number of carbonyl (C=O) groups excluding carboxylic acids is 2. The maximum absolute atomic E-state index is 12.0. The number of rotatable bonds is 0. The molecule has 0 aromatic rings. The van der Waals surface area contributed by atoms with E-state index in [2.05, 4.69) is 10.6 Å². The average Bonchev–Trinajstić information content (AvgIpc) is 2.89. The van der Waals surface area contributed by atoms with E-state index in [0.29, 0.717) is 17.8 Å². The minimum Gasteiger partial charge on any atom is -0.323 e. The molecule has 0 aromatic heterocycles. The van der Waals surface area contributed by atoms with Crippen molar-refractivity contribution in [3.63, 3.8) is 0 Å². The number of carbonyl (C=O) groups is 2. The van der Waals surface area contributed by atoms with Gasteiger partial charge in [0.1, 0.15) is 5.54 Å². The molecule has 16 heavy (non-hydrogen) atoms. The minimum absolute atomic E-state index is 0.0599. The van der Waals surface area contributed by atoms with E-state index in [4.69, 9.17) is 0 Å². The highest BCUT2D eigenvalue weighted by atomic mass is 16.2. The van der Waals surface area contributed by atoms with Gasteiger partial charge in [-0.15, -0.1) is 0 Å². The molecule has 86 valence electrons. The summed E-state index contributed by atoms with van der Waals surface area (Å²) in [5.41, 5.74) is -0.521. The van der Waals surface area contributed by atoms with Gasteiger partial charge >= 0.3 is 6.03 Å². The molecule has 0 unspecified atom stereocenters. The Bertz CT molecular complexity index is 394. The Kier molecular flexibility index (Phi) is 1.47. The SMILES string of the molecule is O=C1NC(=O)[C@]2(C[C@H]3C[C@@H]2[C@@H]2CCC[C@@H]32)N1. The molecule has 2 bridgehead atoms. The average molecular weight is 220 g/mol. The zero-order valence-electron chi connectivity index (χ0n) is 9.16. The van der Waals surface area contributed by atoms with Crippen LogP contribution < -0.4 is 10.6 Å². The first kappa shape index (κ1) is 9.02. The zero-order valence-corrected chi connectivity index (χ0v) is 9.16. The fourth-order valence-corrected chi connectivity index (χ4v) is 5.05. The maximum atomic E-state index is 12.0.